The lowest BCUT2D eigenvalue weighted by atomic mass is 9.86. The van der Waals surface area contributed by atoms with Crippen LogP contribution in [-0.2, 0) is 10.0 Å². The molecular formula is C14H28N4O2S. The van der Waals surface area contributed by atoms with E-state index in [4.69, 9.17) is 0 Å². The van der Waals surface area contributed by atoms with Gasteiger partial charge in [0.15, 0.2) is 5.96 Å². The smallest absolute Gasteiger partial charge is 0.213 e. The highest BCUT2D eigenvalue weighted by molar-refractivity contribution is 7.89. The predicted octanol–water partition coefficient (Wildman–Crippen LogP) is 0.669. The van der Waals surface area contributed by atoms with Gasteiger partial charge in [-0.05, 0) is 38.0 Å². The lowest BCUT2D eigenvalue weighted by molar-refractivity contribution is 0.316. The van der Waals surface area contributed by atoms with E-state index in [0.29, 0.717) is 24.4 Å². The molecule has 21 heavy (non-hydrogen) atoms. The van der Waals surface area contributed by atoms with Crippen molar-refractivity contribution >= 4 is 16.0 Å². The number of nitrogens with one attached hydrogen (secondary N) is 3. The molecule has 0 aromatic heterocycles. The highest BCUT2D eigenvalue weighted by Crippen LogP contribution is 2.28. The number of hydrogen-bond acceptors (Lipinski definition) is 3. The molecule has 2 aliphatic carbocycles. The van der Waals surface area contributed by atoms with E-state index in [2.05, 4.69) is 27.3 Å². The van der Waals surface area contributed by atoms with Crippen molar-refractivity contribution in [2.75, 3.05) is 25.4 Å². The van der Waals surface area contributed by atoms with Gasteiger partial charge in [0.1, 0.15) is 0 Å². The zero-order valence-corrected chi connectivity index (χ0v) is 13.9. The molecule has 0 spiro atoms. The standard InChI is InChI=1S/C14H28N4O2S/c1-3-15-14(18-13-9-11(13)2)16-7-8-21(19,20)17-10-12-5-4-6-12/h11-13,17H,3-10H2,1-2H3,(H2,15,16,18)/t11-,13-/m1/s1. The topological polar surface area (TPSA) is 82.6 Å². The number of guanidine groups is 1. The lowest BCUT2D eigenvalue weighted by Crippen LogP contribution is -2.40. The summed E-state index contributed by atoms with van der Waals surface area (Å²) < 4.78 is 26.4. The minimum atomic E-state index is -3.20. The van der Waals surface area contributed by atoms with E-state index in [1.165, 1.54) is 6.42 Å². The molecule has 7 heteroatoms. The zero-order valence-electron chi connectivity index (χ0n) is 13.1. The molecule has 2 fully saturated rings. The molecule has 122 valence electrons. The second-order valence-electron chi connectivity index (χ2n) is 6.19. The van der Waals surface area contributed by atoms with Gasteiger partial charge in [-0.15, -0.1) is 0 Å². The van der Waals surface area contributed by atoms with Gasteiger partial charge in [0.25, 0.3) is 0 Å². The van der Waals surface area contributed by atoms with Crippen LogP contribution in [0.5, 0.6) is 0 Å². The molecule has 2 aliphatic rings. The Kier molecular flexibility index (Phi) is 5.87. The van der Waals surface area contributed by atoms with Gasteiger partial charge >= 0.3 is 0 Å². The van der Waals surface area contributed by atoms with Gasteiger partial charge < -0.3 is 10.6 Å². The number of nitrogens with zero attached hydrogens (tertiary/aromatic N) is 1. The minimum absolute atomic E-state index is 0.0521. The summed E-state index contributed by atoms with van der Waals surface area (Å²) in [7, 11) is -3.20. The van der Waals surface area contributed by atoms with Crippen molar-refractivity contribution in [3.8, 4) is 0 Å². The van der Waals surface area contributed by atoms with Crippen molar-refractivity contribution in [2.45, 2.75) is 45.6 Å². The lowest BCUT2D eigenvalue weighted by Gasteiger charge is -2.25. The Balaban J connectivity index is 1.71. The van der Waals surface area contributed by atoms with Crippen LogP contribution >= 0.6 is 0 Å². The Morgan fingerprint density at radius 2 is 2.05 bits per heavy atom. The van der Waals surface area contributed by atoms with E-state index >= 15 is 0 Å². The van der Waals surface area contributed by atoms with Gasteiger partial charge in [-0.2, -0.15) is 0 Å². The highest BCUT2D eigenvalue weighted by atomic mass is 32.2. The molecular weight excluding hydrogens is 288 g/mol. The largest absolute Gasteiger partial charge is 0.357 e. The second-order valence-corrected chi connectivity index (χ2v) is 8.12. The number of hydrogen-bond donors (Lipinski definition) is 3. The van der Waals surface area contributed by atoms with Crippen LogP contribution in [0.25, 0.3) is 0 Å². The third kappa shape index (κ3) is 5.82. The van der Waals surface area contributed by atoms with E-state index in [0.717, 1.165) is 31.8 Å². The Hall–Kier alpha value is -0.820. The van der Waals surface area contributed by atoms with E-state index in [-0.39, 0.29) is 12.3 Å². The van der Waals surface area contributed by atoms with E-state index in [1.54, 1.807) is 0 Å². The summed E-state index contributed by atoms with van der Waals surface area (Å²) in [5.41, 5.74) is 0. The van der Waals surface area contributed by atoms with Gasteiger partial charge in [-0.25, -0.2) is 13.1 Å². The van der Waals surface area contributed by atoms with Crippen LogP contribution in [0.3, 0.4) is 0 Å². The maximum absolute atomic E-state index is 11.9. The highest BCUT2D eigenvalue weighted by Gasteiger charge is 2.33. The number of sulfonamides is 1. The molecule has 2 atom stereocenters. The molecule has 6 nitrogen and oxygen atoms in total. The van der Waals surface area contributed by atoms with Crippen molar-refractivity contribution in [1.29, 1.82) is 0 Å². The second kappa shape index (κ2) is 7.45. The fourth-order valence-electron chi connectivity index (χ4n) is 2.31. The summed E-state index contributed by atoms with van der Waals surface area (Å²) in [5.74, 6) is 2.00. The van der Waals surface area contributed by atoms with Crippen LogP contribution < -0.4 is 15.4 Å². The van der Waals surface area contributed by atoms with Gasteiger partial charge in [-0.3, -0.25) is 4.99 Å². The molecule has 0 aromatic rings. The summed E-state index contributed by atoms with van der Waals surface area (Å²) >= 11 is 0. The van der Waals surface area contributed by atoms with Crippen LogP contribution in [0.4, 0.5) is 0 Å². The van der Waals surface area contributed by atoms with E-state index < -0.39 is 10.0 Å². The molecule has 0 unspecified atom stereocenters. The van der Waals surface area contributed by atoms with E-state index in [1.807, 2.05) is 6.92 Å². The van der Waals surface area contributed by atoms with Crippen LogP contribution in [0, 0.1) is 11.8 Å². The first kappa shape index (κ1) is 16.5. The van der Waals surface area contributed by atoms with Crippen molar-refractivity contribution in [3.05, 3.63) is 0 Å². The normalized spacial score (nSPS) is 26.3. The Morgan fingerprint density at radius 3 is 2.57 bits per heavy atom. The summed E-state index contributed by atoms with van der Waals surface area (Å²) in [6.45, 7) is 5.85. The van der Waals surface area contributed by atoms with Crippen LogP contribution in [0.1, 0.15) is 39.5 Å². The molecule has 0 amide bonds. The maximum Gasteiger partial charge on any atom is 0.213 e. The molecule has 0 aliphatic heterocycles. The number of aliphatic imine (C=N–C) groups is 1. The Bertz CT molecular complexity index is 460. The quantitative estimate of drug-likeness (QED) is 0.454. The zero-order chi connectivity index (χ0) is 15.3. The van der Waals surface area contributed by atoms with Crippen molar-refractivity contribution in [3.63, 3.8) is 0 Å². The molecule has 2 saturated carbocycles. The average molecular weight is 316 g/mol. The van der Waals surface area contributed by atoms with Crippen molar-refractivity contribution < 1.29 is 8.42 Å². The molecule has 0 bridgehead atoms. The number of rotatable bonds is 8. The van der Waals surface area contributed by atoms with E-state index in [9.17, 15) is 8.42 Å². The summed E-state index contributed by atoms with van der Waals surface area (Å²) in [5, 5.41) is 6.47. The fraction of sp³-hybridized carbons (Fsp3) is 0.929. The van der Waals surface area contributed by atoms with Crippen molar-refractivity contribution in [1.82, 2.24) is 15.4 Å². The predicted molar refractivity (Wildman–Crippen MR) is 85.8 cm³/mol. The van der Waals surface area contributed by atoms with Crippen LogP contribution in [0.15, 0.2) is 4.99 Å². The average Bonchev–Trinajstić information content (AvgIpc) is 3.02. The third-order valence-electron chi connectivity index (χ3n) is 4.22. The summed E-state index contributed by atoms with van der Waals surface area (Å²) in [6.07, 6.45) is 4.68. The summed E-state index contributed by atoms with van der Waals surface area (Å²) in [4.78, 5) is 4.35. The third-order valence-corrected chi connectivity index (χ3v) is 5.55. The molecule has 0 radical (unpaired) electrons. The van der Waals surface area contributed by atoms with Gasteiger partial charge in [0, 0.05) is 19.1 Å². The molecule has 0 aromatic carbocycles. The monoisotopic (exact) mass is 316 g/mol. The Labute approximate surface area is 128 Å². The first-order valence-corrected chi connectivity index (χ1v) is 9.67. The first-order valence-electron chi connectivity index (χ1n) is 8.02. The minimum Gasteiger partial charge on any atom is -0.357 e. The van der Waals surface area contributed by atoms with Crippen LogP contribution in [0.2, 0.25) is 0 Å². The maximum atomic E-state index is 11.9. The SMILES string of the molecule is CCNC(=NCCS(=O)(=O)NCC1CCC1)N[C@@H]1C[C@H]1C. The van der Waals surface area contributed by atoms with Crippen molar-refractivity contribution in [2.24, 2.45) is 16.8 Å². The van der Waals surface area contributed by atoms with Crippen LogP contribution in [-0.4, -0.2) is 45.8 Å². The molecule has 0 heterocycles. The van der Waals surface area contributed by atoms with Gasteiger partial charge in [0.2, 0.25) is 10.0 Å². The van der Waals surface area contributed by atoms with Gasteiger partial charge in [-0.1, -0.05) is 13.3 Å². The Morgan fingerprint density at radius 1 is 1.33 bits per heavy atom. The molecule has 3 N–H and O–H groups in total. The molecule has 0 saturated heterocycles. The first-order chi connectivity index (χ1) is 10.00. The van der Waals surface area contributed by atoms with Gasteiger partial charge in [0.05, 0.1) is 12.3 Å². The summed E-state index contributed by atoms with van der Waals surface area (Å²) in [6, 6.07) is 0.483. The molecule has 2 rings (SSSR count). The fourth-order valence-corrected chi connectivity index (χ4v) is 3.28.